The fraction of sp³-hybridized carbons (Fsp3) is 0.571. The van der Waals surface area contributed by atoms with E-state index < -0.39 is 0 Å². The third-order valence-corrected chi connectivity index (χ3v) is 2.87. The van der Waals surface area contributed by atoms with Gasteiger partial charge in [0.05, 0.1) is 4.92 Å². The normalized spacial score (nSPS) is 12.6. The van der Waals surface area contributed by atoms with Crippen LogP contribution in [0.4, 0.5) is 5.69 Å². The average molecular weight is 235 g/mol. The zero-order chi connectivity index (χ0) is 13.4. The van der Waals surface area contributed by atoms with Gasteiger partial charge in [-0.1, -0.05) is 53.7 Å². The van der Waals surface area contributed by atoms with Gasteiger partial charge >= 0.3 is 0 Å². The molecule has 94 valence electrons. The van der Waals surface area contributed by atoms with Gasteiger partial charge in [-0.15, -0.1) is 0 Å². The minimum absolute atomic E-state index is 0.0683. The summed E-state index contributed by atoms with van der Waals surface area (Å²) in [5.41, 5.74) is 1.73. The van der Waals surface area contributed by atoms with Crippen molar-refractivity contribution < 1.29 is 4.92 Å². The molecule has 0 aliphatic rings. The lowest BCUT2D eigenvalue weighted by Gasteiger charge is -2.23. The molecule has 0 radical (unpaired) electrons. The second-order valence-electron chi connectivity index (χ2n) is 6.49. The van der Waals surface area contributed by atoms with Gasteiger partial charge in [0.25, 0.3) is 5.69 Å². The third kappa shape index (κ3) is 3.05. The maximum atomic E-state index is 11.2. The van der Waals surface area contributed by atoms with Gasteiger partial charge in [0.2, 0.25) is 0 Å². The van der Waals surface area contributed by atoms with E-state index in [0.717, 1.165) is 11.1 Å². The standard InChI is InChI=1S/C14H21NO2/c1-13(2,3)10-7-8-11(14(4,5)6)12(9-10)15(16)17/h7-9H,1-6H3. The number of benzene rings is 1. The fourth-order valence-corrected chi connectivity index (χ4v) is 1.78. The molecule has 0 heterocycles. The van der Waals surface area contributed by atoms with Gasteiger partial charge in [0.15, 0.2) is 0 Å². The summed E-state index contributed by atoms with van der Waals surface area (Å²) < 4.78 is 0. The van der Waals surface area contributed by atoms with Gasteiger partial charge in [0, 0.05) is 11.6 Å². The van der Waals surface area contributed by atoms with E-state index in [2.05, 4.69) is 20.8 Å². The molecule has 17 heavy (non-hydrogen) atoms. The second-order valence-corrected chi connectivity index (χ2v) is 6.49. The average Bonchev–Trinajstić information content (AvgIpc) is 2.14. The molecule has 0 spiro atoms. The van der Waals surface area contributed by atoms with Crippen LogP contribution in [0.3, 0.4) is 0 Å². The first-order valence-corrected chi connectivity index (χ1v) is 5.83. The third-order valence-electron chi connectivity index (χ3n) is 2.87. The van der Waals surface area contributed by atoms with Crippen LogP contribution < -0.4 is 0 Å². The van der Waals surface area contributed by atoms with Gasteiger partial charge < -0.3 is 0 Å². The van der Waals surface area contributed by atoms with Crippen LogP contribution >= 0.6 is 0 Å². The summed E-state index contributed by atoms with van der Waals surface area (Å²) >= 11 is 0. The Balaban J connectivity index is 3.43. The minimum Gasteiger partial charge on any atom is -0.258 e. The molecule has 0 aliphatic heterocycles. The summed E-state index contributed by atoms with van der Waals surface area (Å²) in [6.45, 7) is 12.2. The molecule has 1 aromatic rings. The lowest BCUT2D eigenvalue weighted by atomic mass is 9.81. The zero-order valence-electron chi connectivity index (χ0n) is 11.5. The van der Waals surface area contributed by atoms with Crippen LogP contribution in [0.2, 0.25) is 0 Å². The minimum atomic E-state index is -0.282. The Labute approximate surface area is 103 Å². The first-order chi connectivity index (χ1) is 7.53. The Morgan fingerprint density at radius 2 is 1.53 bits per heavy atom. The molecular formula is C14H21NO2. The number of nitrogens with zero attached hydrogens (tertiary/aromatic N) is 1. The molecule has 0 saturated heterocycles. The van der Waals surface area contributed by atoms with Gasteiger partial charge in [-0.2, -0.15) is 0 Å². The molecule has 0 fully saturated rings. The van der Waals surface area contributed by atoms with E-state index in [-0.39, 0.29) is 21.4 Å². The molecule has 3 heteroatoms. The van der Waals surface area contributed by atoms with Crippen LogP contribution in [0.15, 0.2) is 18.2 Å². The molecule has 1 aromatic carbocycles. The Bertz CT molecular complexity index is 437. The topological polar surface area (TPSA) is 43.1 Å². The SMILES string of the molecule is CC(C)(C)c1ccc(C(C)(C)C)c([N+](=O)[O-])c1. The van der Waals surface area contributed by atoms with E-state index in [4.69, 9.17) is 0 Å². The predicted molar refractivity (Wildman–Crippen MR) is 70.5 cm³/mol. The van der Waals surface area contributed by atoms with Crippen LogP contribution in [0.25, 0.3) is 0 Å². The maximum absolute atomic E-state index is 11.2. The van der Waals surface area contributed by atoms with E-state index >= 15 is 0 Å². The van der Waals surface area contributed by atoms with Crippen LogP contribution in [-0.2, 0) is 10.8 Å². The fourth-order valence-electron chi connectivity index (χ4n) is 1.78. The van der Waals surface area contributed by atoms with Crippen LogP contribution in [0.5, 0.6) is 0 Å². The summed E-state index contributed by atoms with van der Waals surface area (Å²) in [4.78, 5) is 10.9. The summed E-state index contributed by atoms with van der Waals surface area (Å²) in [5, 5.41) is 11.2. The van der Waals surface area contributed by atoms with Gasteiger partial charge in [-0.3, -0.25) is 10.1 Å². The lowest BCUT2D eigenvalue weighted by Crippen LogP contribution is -2.16. The van der Waals surface area contributed by atoms with Crippen molar-refractivity contribution in [1.82, 2.24) is 0 Å². The smallest absolute Gasteiger partial charge is 0.258 e. The monoisotopic (exact) mass is 235 g/mol. The molecule has 0 atom stereocenters. The number of nitro benzene ring substituents is 1. The van der Waals surface area contributed by atoms with Crippen LogP contribution in [-0.4, -0.2) is 4.92 Å². The van der Waals surface area contributed by atoms with Crippen molar-refractivity contribution in [2.45, 2.75) is 52.4 Å². The maximum Gasteiger partial charge on any atom is 0.273 e. The van der Waals surface area contributed by atoms with E-state index in [9.17, 15) is 10.1 Å². The molecule has 3 nitrogen and oxygen atoms in total. The molecule has 0 aromatic heterocycles. The van der Waals surface area contributed by atoms with Gasteiger partial charge in [-0.05, 0) is 16.4 Å². The Morgan fingerprint density at radius 3 is 1.88 bits per heavy atom. The van der Waals surface area contributed by atoms with E-state index in [0.29, 0.717) is 0 Å². The Kier molecular flexibility index (Phi) is 3.33. The van der Waals surface area contributed by atoms with Crippen molar-refractivity contribution in [1.29, 1.82) is 0 Å². The number of rotatable bonds is 1. The summed E-state index contributed by atoms with van der Waals surface area (Å²) in [5.74, 6) is 0. The highest BCUT2D eigenvalue weighted by Crippen LogP contribution is 2.34. The highest BCUT2D eigenvalue weighted by Gasteiger charge is 2.27. The highest BCUT2D eigenvalue weighted by molar-refractivity contribution is 5.48. The quantitative estimate of drug-likeness (QED) is 0.541. The molecular weight excluding hydrogens is 214 g/mol. The molecule has 0 amide bonds. The zero-order valence-corrected chi connectivity index (χ0v) is 11.5. The summed E-state index contributed by atoms with van der Waals surface area (Å²) in [6, 6.07) is 5.59. The Morgan fingerprint density at radius 1 is 1.00 bits per heavy atom. The van der Waals surface area contributed by atoms with Gasteiger partial charge in [-0.25, -0.2) is 0 Å². The molecule has 0 bridgehead atoms. The predicted octanol–water partition coefficient (Wildman–Crippen LogP) is 4.19. The first-order valence-electron chi connectivity index (χ1n) is 5.83. The van der Waals surface area contributed by atoms with E-state index in [1.54, 1.807) is 6.07 Å². The number of hydrogen-bond donors (Lipinski definition) is 0. The highest BCUT2D eigenvalue weighted by atomic mass is 16.6. The van der Waals surface area contributed by atoms with Crippen LogP contribution in [0.1, 0.15) is 52.7 Å². The van der Waals surface area contributed by atoms with Crippen molar-refractivity contribution in [3.63, 3.8) is 0 Å². The molecule has 0 saturated carbocycles. The number of nitro groups is 1. The first kappa shape index (κ1) is 13.7. The summed E-state index contributed by atoms with van der Waals surface area (Å²) in [7, 11) is 0. The number of hydrogen-bond acceptors (Lipinski definition) is 2. The van der Waals surface area contributed by atoms with Crippen molar-refractivity contribution in [3.05, 3.63) is 39.4 Å². The van der Waals surface area contributed by atoms with Crippen molar-refractivity contribution >= 4 is 5.69 Å². The van der Waals surface area contributed by atoms with Gasteiger partial charge in [0.1, 0.15) is 0 Å². The van der Waals surface area contributed by atoms with Crippen molar-refractivity contribution in [2.24, 2.45) is 0 Å². The Hall–Kier alpha value is -1.38. The molecule has 0 aliphatic carbocycles. The molecule has 0 N–H and O–H groups in total. The van der Waals surface area contributed by atoms with Crippen molar-refractivity contribution in [3.8, 4) is 0 Å². The second kappa shape index (κ2) is 4.13. The van der Waals surface area contributed by atoms with E-state index in [1.165, 1.54) is 0 Å². The van der Waals surface area contributed by atoms with E-state index in [1.807, 2.05) is 32.9 Å². The largest absolute Gasteiger partial charge is 0.273 e. The lowest BCUT2D eigenvalue weighted by molar-refractivity contribution is -0.386. The summed E-state index contributed by atoms with van der Waals surface area (Å²) in [6.07, 6.45) is 0. The van der Waals surface area contributed by atoms with Crippen LogP contribution in [0, 0.1) is 10.1 Å². The molecule has 0 unspecified atom stereocenters. The van der Waals surface area contributed by atoms with Crippen molar-refractivity contribution in [2.75, 3.05) is 0 Å². The molecule has 1 rings (SSSR count).